The molecular weight excluding hydrogens is 224 g/mol. The van der Waals surface area contributed by atoms with Crippen LogP contribution in [0.1, 0.15) is 17.1 Å². The summed E-state index contributed by atoms with van der Waals surface area (Å²) in [6.45, 7) is 3.94. The number of nitrogens with two attached hydrogens (primary N) is 2. The van der Waals surface area contributed by atoms with Crippen LogP contribution in [0.5, 0.6) is 0 Å². The molecule has 0 saturated heterocycles. The average Bonchev–Trinajstić information content (AvgIpc) is 2.69. The van der Waals surface area contributed by atoms with E-state index in [1.807, 2.05) is 23.6 Å². The Bertz CT molecular complexity index is 572. The van der Waals surface area contributed by atoms with Crippen molar-refractivity contribution in [3.63, 3.8) is 0 Å². The van der Waals surface area contributed by atoms with Gasteiger partial charge in [-0.25, -0.2) is 4.98 Å². The van der Waals surface area contributed by atoms with Gasteiger partial charge in [-0.05, 0) is 13.8 Å². The van der Waals surface area contributed by atoms with Gasteiger partial charge < -0.3 is 11.5 Å². The lowest BCUT2D eigenvalue weighted by atomic mass is 10.3. The van der Waals surface area contributed by atoms with Crippen LogP contribution in [0.2, 0.25) is 0 Å². The maximum absolute atomic E-state index is 5.19. The van der Waals surface area contributed by atoms with Crippen LogP contribution in [0.4, 0.5) is 0 Å². The predicted octanol–water partition coefficient (Wildman–Crippen LogP) is 0.620. The van der Waals surface area contributed by atoms with Gasteiger partial charge in [-0.1, -0.05) is 0 Å². The molecule has 0 aromatic carbocycles. The van der Waals surface area contributed by atoms with E-state index in [0.717, 1.165) is 22.0 Å². The molecule has 2 rings (SSSR count). The Morgan fingerprint density at radius 3 is 2.94 bits per heavy atom. The summed E-state index contributed by atoms with van der Waals surface area (Å²) in [6.07, 6.45) is 1.61. The van der Waals surface area contributed by atoms with Crippen molar-refractivity contribution < 1.29 is 0 Å². The van der Waals surface area contributed by atoms with Gasteiger partial charge in [0.1, 0.15) is 0 Å². The highest BCUT2D eigenvalue weighted by Crippen LogP contribution is 2.19. The summed E-state index contributed by atoms with van der Waals surface area (Å²) in [5.74, 6) is -0.0586. The van der Waals surface area contributed by atoms with Crippen molar-refractivity contribution in [2.75, 3.05) is 0 Å². The molecular formula is C9H12N6S. The molecule has 0 aliphatic heterocycles. The Hall–Kier alpha value is -1.89. The van der Waals surface area contributed by atoms with Crippen molar-refractivity contribution in [3.05, 3.63) is 22.5 Å². The second-order valence-corrected chi connectivity index (χ2v) is 4.18. The number of thiazole rings is 1. The third kappa shape index (κ3) is 1.76. The zero-order valence-electron chi connectivity index (χ0n) is 9.01. The lowest BCUT2D eigenvalue weighted by Gasteiger charge is -1.94. The molecule has 0 fully saturated rings. The second-order valence-electron chi connectivity index (χ2n) is 3.35. The quantitative estimate of drug-likeness (QED) is 0.454. The number of hydrogen-bond donors (Lipinski definition) is 2. The van der Waals surface area contributed by atoms with Crippen LogP contribution in [0.25, 0.3) is 4.96 Å². The number of aryl methyl sites for hydroxylation is 2. The summed E-state index contributed by atoms with van der Waals surface area (Å²) >= 11 is 1.59. The smallest absolute Gasteiger partial charge is 0.211 e. The fourth-order valence-electron chi connectivity index (χ4n) is 1.43. The lowest BCUT2D eigenvalue weighted by molar-refractivity contribution is 1.10. The molecule has 0 unspecified atom stereocenters. The van der Waals surface area contributed by atoms with Crippen LogP contribution in [-0.2, 0) is 0 Å². The Morgan fingerprint density at radius 1 is 1.50 bits per heavy atom. The van der Waals surface area contributed by atoms with E-state index < -0.39 is 0 Å². The van der Waals surface area contributed by atoms with Crippen molar-refractivity contribution in [2.45, 2.75) is 13.8 Å². The number of imidazole rings is 1. The van der Waals surface area contributed by atoms with E-state index in [1.165, 1.54) is 0 Å². The minimum atomic E-state index is -0.0586. The largest absolute Gasteiger partial charge is 0.369 e. The number of guanidine groups is 1. The molecule has 0 atom stereocenters. The molecule has 84 valence electrons. The van der Waals surface area contributed by atoms with Crippen molar-refractivity contribution in [3.8, 4) is 0 Å². The topological polar surface area (TPSA) is 94.1 Å². The Balaban J connectivity index is 2.50. The van der Waals surface area contributed by atoms with E-state index in [-0.39, 0.29) is 5.96 Å². The third-order valence-corrected chi connectivity index (χ3v) is 3.05. The van der Waals surface area contributed by atoms with E-state index >= 15 is 0 Å². The maximum Gasteiger partial charge on any atom is 0.211 e. The summed E-state index contributed by atoms with van der Waals surface area (Å²) in [6, 6.07) is 0. The first-order valence-corrected chi connectivity index (χ1v) is 5.52. The highest BCUT2D eigenvalue weighted by atomic mass is 32.1. The van der Waals surface area contributed by atoms with E-state index in [1.54, 1.807) is 17.6 Å². The van der Waals surface area contributed by atoms with E-state index in [4.69, 9.17) is 11.5 Å². The SMILES string of the molecule is Cc1nc2scc(C)n2c1C=NN=C(N)N. The van der Waals surface area contributed by atoms with Crippen LogP contribution in [-0.4, -0.2) is 21.6 Å². The summed E-state index contributed by atoms with van der Waals surface area (Å²) < 4.78 is 2.02. The van der Waals surface area contributed by atoms with Crippen molar-refractivity contribution in [1.82, 2.24) is 9.38 Å². The zero-order chi connectivity index (χ0) is 11.7. The molecule has 0 amide bonds. The summed E-state index contributed by atoms with van der Waals surface area (Å²) in [5.41, 5.74) is 13.3. The van der Waals surface area contributed by atoms with Gasteiger partial charge >= 0.3 is 0 Å². The number of rotatable bonds is 2. The number of aromatic nitrogens is 2. The van der Waals surface area contributed by atoms with Gasteiger partial charge in [0.15, 0.2) is 4.96 Å². The number of hydrogen-bond acceptors (Lipinski definition) is 4. The molecule has 0 aliphatic rings. The van der Waals surface area contributed by atoms with Gasteiger partial charge in [0.2, 0.25) is 5.96 Å². The molecule has 0 saturated carbocycles. The van der Waals surface area contributed by atoms with Crippen LogP contribution in [0.15, 0.2) is 15.6 Å². The van der Waals surface area contributed by atoms with Crippen LogP contribution in [0, 0.1) is 13.8 Å². The van der Waals surface area contributed by atoms with Crippen molar-refractivity contribution in [1.29, 1.82) is 0 Å². The van der Waals surface area contributed by atoms with Gasteiger partial charge in [-0.2, -0.15) is 5.10 Å². The van der Waals surface area contributed by atoms with Crippen LogP contribution < -0.4 is 11.5 Å². The van der Waals surface area contributed by atoms with E-state index in [9.17, 15) is 0 Å². The highest BCUT2D eigenvalue weighted by Gasteiger charge is 2.09. The van der Waals surface area contributed by atoms with Gasteiger partial charge in [-0.15, -0.1) is 16.4 Å². The zero-order valence-corrected chi connectivity index (χ0v) is 9.82. The van der Waals surface area contributed by atoms with Crippen LogP contribution in [0.3, 0.4) is 0 Å². The molecule has 2 heterocycles. The molecule has 0 spiro atoms. The van der Waals surface area contributed by atoms with Gasteiger partial charge in [0.25, 0.3) is 0 Å². The van der Waals surface area contributed by atoms with E-state index in [0.29, 0.717) is 0 Å². The Labute approximate surface area is 96.3 Å². The molecule has 4 N–H and O–H groups in total. The number of fused-ring (bicyclic) bond motifs is 1. The minimum Gasteiger partial charge on any atom is -0.369 e. The first-order valence-electron chi connectivity index (χ1n) is 4.64. The molecule has 16 heavy (non-hydrogen) atoms. The van der Waals surface area contributed by atoms with Crippen molar-refractivity contribution >= 4 is 28.5 Å². The standard InChI is InChI=1S/C9H12N6S/c1-5-4-16-9-13-6(2)7(15(5)9)3-12-14-8(10)11/h3-4H,1-2H3,(H4,10,11,14). The first kappa shape index (κ1) is 10.6. The maximum atomic E-state index is 5.19. The fourth-order valence-corrected chi connectivity index (χ4v) is 2.35. The second kappa shape index (κ2) is 3.93. The van der Waals surface area contributed by atoms with E-state index in [2.05, 4.69) is 15.2 Å². The van der Waals surface area contributed by atoms with Gasteiger partial charge in [0.05, 0.1) is 17.6 Å². The fraction of sp³-hybridized carbons (Fsp3) is 0.222. The van der Waals surface area contributed by atoms with Crippen molar-refractivity contribution in [2.24, 2.45) is 21.7 Å². The molecule has 0 aliphatic carbocycles. The minimum absolute atomic E-state index is 0.0586. The molecule has 0 radical (unpaired) electrons. The summed E-state index contributed by atoms with van der Waals surface area (Å²) in [4.78, 5) is 5.36. The molecule has 2 aromatic rings. The first-order chi connectivity index (χ1) is 7.59. The summed E-state index contributed by atoms with van der Waals surface area (Å²) in [5, 5.41) is 9.41. The van der Waals surface area contributed by atoms with Gasteiger partial charge in [0, 0.05) is 11.1 Å². The monoisotopic (exact) mass is 236 g/mol. The summed E-state index contributed by atoms with van der Waals surface area (Å²) in [7, 11) is 0. The number of nitrogens with zero attached hydrogens (tertiary/aromatic N) is 4. The average molecular weight is 236 g/mol. The Morgan fingerprint density at radius 2 is 2.25 bits per heavy atom. The van der Waals surface area contributed by atoms with Gasteiger partial charge in [-0.3, -0.25) is 4.40 Å². The normalized spacial score (nSPS) is 11.4. The molecule has 7 heteroatoms. The predicted molar refractivity (Wildman–Crippen MR) is 65.9 cm³/mol. The molecule has 6 nitrogen and oxygen atoms in total. The Kier molecular flexibility index (Phi) is 2.61. The lowest BCUT2D eigenvalue weighted by Crippen LogP contribution is -2.21. The highest BCUT2D eigenvalue weighted by molar-refractivity contribution is 7.15. The molecule has 2 aromatic heterocycles. The third-order valence-electron chi connectivity index (χ3n) is 2.11. The van der Waals surface area contributed by atoms with Crippen LogP contribution >= 0.6 is 11.3 Å². The molecule has 0 bridgehead atoms.